The maximum atomic E-state index is 13.4. The first kappa shape index (κ1) is 27.7. The second-order valence-electron chi connectivity index (χ2n) is 10.4. The minimum Gasteiger partial charge on any atom is -0.480 e. The van der Waals surface area contributed by atoms with E-state index >= 15 is 0 Å². The van der Waals surface area contributed by atoms with Gasteiger partial charge in [-0.1, -0.05) is 38.0 Å². The number of H-pyrrole nitrogens is 1. The number of imidazole rings is 1. The molecule has 3 heterocycles. The van der Waals surface area contributed by atoms with Crippen molar-refractivity contribution in [3.63, 3.8) is 0 Å². The van der Waals surface area contributed by atoms with E-state index in [0.29, 0.717) is 43.8 Å². The molecule has 0 radical (unpaired) electrons. The number of carbonyl (C=O) groups is 2. The van der Waals surface area contributed by atoms with Crippen LogP contribution in [0.3, 0.4) is 0 Å². The number of hydrogen-bond donors (Lipinski definition) is 3. The predicted octanol–water partition coefficient (Wildman–Crippen LogP) is 4.14. The van der Waals surface area contributed by atoms with Crippen LogP contribution in [0.5, 0.6) is 5.88 Å². The first-order valence-electron chi connectivity index (χ1n) is 13.6. The number of benzene rings is 1. The number of aromatic nitrogens is 3. The van der Waals surface area contributed by atoms with Gasteiger partial charge >= 0.3 is 0 Å². The Balaban J connectivity index is 1.54. The van der Waals surface area contributed by atoms with E-state index in [1.807, 2.05) is 44.3 Å². The number of piperidine rings is 1. The number of hydrogen-bond acceptors (Lipinski definition) is 7. The zero-order valence-electron chi connectivity index (χ0n) is 22.8. The molecule has 9 nitrogen and oxygen atoms in total. The van der Waals surface area contributed by atoms with E-state index in [2.05, 4.69) is 25.2 Å². The summed E-state index contributed by atoms with van der Waals surface area (Å²) in [6, 6.07) is 9.59. The van der Waals surface area contributed by atoms with Crippen LogP contribution in [0, 0.1) is 0 Å². The van der Waals surface area contributed by atoms with Crippen molar-refractivity contribution in [2.45, 2.75) is 69.9 Å². The van der Waals surface area contributed by atoms with Crippen LogP contribution in [0.1, 0.15) is 70.2 Å². The van der Waals surface area contributed by atoms with E-state index in [1.54, 1.807) is 13.3 Å². The fraction of sp³-hybridized carbons (Fsp3) is 0.517. The minimum absolute atomic E-state index is 0.139. The lowest BCUT2D eigenvalue weighted by molar-refractivity contribution is -0.128. The SMILES string of the molecule is CCC(=O)CCCCC[C@H](NC(=O)C1(N)CCN(C)CC1)c1ncc(-c2cc3ccccc3nc2OC)[nH]1. The second kappa shape index (κ2) is 12.5. The lowest BCUT2D eigenvalue weighted by Crippen LogP contribution is -2.59. The number of ether oxygens (including phenoxy) is 1. The van der Waals surface area contributed by atoms with Gasteiger partial charge in [0, 0.05) is 31.3 Å². The molecule has 4 N–H and O–H groups in total. The lowest BCUT2D eigenvalue weighted by atomic mass is 9.87. The Morgan fingerprint density at radius 3 is 2.71 bits per heavy atom. The number of carbonyl (C=O) groups excluding carboxylic acids is 2. The van der Waals surface area contributed by atoms with Gasteiger partial charge in [0.15, 0.2) is 0 Å². The van der Waals surface area contributed by atoms with Gasteiger partial charge in [0.05, 0.1) is 41.7 Å². The number of nitrogens with two attached hydrogens (primary N) is 1. The monoisotopic (exact) mass is 520 g/mol. The summed E-state index contributed by atoms with van der Waals surface area (Å²) in [4.78, 5) is 40.0. The van der Waals surface area contributed by atoms with Crippen LogP contribution in [0.25, 0.3) is 22.2 Å². The molecule has 1 aliphatic heterocycles. The van der Waals surface area contributed by atoms with Crippen LogP contribution in [0.4, 0.5) is 0 Å². The Bertz CT molecular complexity index is 1250. The molecule has 38 heavy (non-hydrogen) atoms. The number of ketones is 1. The standard InChI is InChI=1S/C29H40N6O3/c1-4-21(36)11-6-5-7-13-24(34-28(37)29(30)14-16-35(2)17-15-29)26-31-19-25(32-26)22-18-20-10-8-9-12-23(20)33-27(22)38-3/h8-10,12,18-19,24H,4-7,11,13-17,30H2,1-3H3,(H,31,32)(H,34,37)/t24-/m0/s1. The number of rotatable bonds is 12. The largest absolute Gasteiger partial charge is 0.480 e. The number of fused-ring (bicyclic) bond motifs is 1. The van der Waals surface area contributed by atoms with Crippen LogP contribution in [0.2, 0.25) is 0 Å². The van der Waals surface area contributed by atoms with Crippen LogP contribution in [0.15, 0.2) is 36.5 Å². The summed E-state index contributed by atoms with van der Waals surface area (Å²) in [6.45, 7) is 3.48. The molecule has 1 aliphatic rings. The Morgan fingerprint density at radius 1 is 1.21 bits per heavy atom. The third kappa shape index (κ3) is 6.57. The Labute approximate surface area is 224 Å². The van der Waals surface area contributed by atoms with Gasteiger partial charge in [0.1, 0.15) is 11.6 Å². The third-order valence-corrected chi connectivity index (χ3v) is 7.58. The third-order valence-electron chi connectivity index (χ3n) is 7.58. The summed E-state index contributed by atoms with van der Waals surface area (Å²) in [5, 5.41) is 4.20. The molecule has 0 bridgehead atoms. The molecule has 0 unspecified atom stereocenters. The summed E-state index contributed by atoms with van der Waals surface area (Å²) >= 11 is 0. The Morgan fingerprint density at radius 2 is 1.97 bits per heavy atom. The van der Waals surface area contributed by atoms with Crippen molar-refractivity contribution in [1.29, 1.82) is 0 Å². The molecule has 1 atom stereocenters. The number of aromatic amines is 1. The van der Waals surface area contributed by atoms with Gasteiger partial charge in [0.2, 0.25) is 11.8 Å². The molecule has 3 aromatic rings. The zero-order chi connectivity index (χ0) is 27.1. The van der Waals surface area contributed by atoms with Crippen LogP contribution >= 0.6 is 0 Å². The van der Waals surface area contributed by atoms with Gasteiger partial charge in [0.25, 0.3) is 0 Å². The highest BCUT2D eigenvalue weighted by molar-refractivity contribution is 5.87. The van der Waals surface area contributed by atoms with Crippen molar-refractivity contribution in [3.8, 4) is 17.1 Å². The van der Waals surface area contributed by atoms with Crippen molar-refractivity contribution >= 4 is 22.6 Å². The van der Waals surface area contributed by atoms with Crippen LogP contribution in [-0.4, -0.2) is 64.3 Å². The molecule has 1 fully saturated rings. The fourth-order valence-corrected chi connectivity index (χ4v) is 4.95. The van der Waals surface area contributed by atoms with Gasteiger partial charge in [-0.3, -0.25) is 9.59 Å². The first-order valence-corrected chi connectivity index (χ1v) is 13.6. The minimum atomic E-state index is -0.890. The number of para-hydroxylation sites is 1. The molecule has 1 saturated heterocycles. The van der Waals surface area contributed by atoms with E-state index in [9.17, 15) is 9.59 Å². The zero-order valence-corrected chi connectivity index (χ0v) is 22.8. The van der Waals surface area contributed by atoms with Crippen LogP contribution in [-0.2, 0) is 9.59 Å². The molecule has 0 spiro atoms. The average Bonchev–Trinajstić information content (AvgIpc) is 3.43. The average molecular weight is 521 g/mol. The van der Waals surface area contributed by atoms with Gasteiger partial charge in [-0.25, -0.2) is 9.97 Å². The molecular formula is C29H40N6O3. The Hall–Kier alpha value is -3.30. The summed E-state index contributed by atoms with van der Waals surface area (Å²) < 4.78 is 5.59. The van der Waals surface area contributed by atoms with Gasteiger partial charge < -0.3 is 25.7 Å². The first-order chi connectivity index (χ1) is 18.3. The number of pyridine rings is 1. The molecule has 4 rings (SSSR count). The highest BCUT2D eigenvalue weighted by Gasteiger charge is 2.38. The van der Waals surface area contributed by atoms with Crippen molar-refractivity contribution < 1.29 is 14.3 Å². The predicted molar refractivity (Wildman–Crippen MR) is 149 cm³/mol. The van der Waals surface area contributed by atoms with E-state index in [1.165, 1.54) is 0 Å². The quantitative estimate of drug-likeness (QED) is 0.306. The molecule has 1 amide bonds. The van der Waals surface area contributed by atoms with E-state index < -0.39 is 5.54 Å². The van der Waals surface area contributed by atoms with Crippen molar-refractivity contribution in [2.75, 3.05) is 27.2 Å². The topological polar surface area (TPSA) is 126 Å². The number of nitrogens with zero attached hydrogens (tertiary/aromatic N) is 3. The van der Waals surface area contributed by atoms with Crippen molar-refractivity contribution in [3.05, 3.63) is 42.4 Å². The number of methoxy groups -OCH3 is 1. The van der Waals surface area contributed by atoms with E-state index in [4.69, 9.17) is 10.5 Å². The molecule has 204 valence electrons. The van der Waals surface area contributed by atoms with Crippen LogP contribution < -0.4 is 15.8 Å². The molecule has 0 saturated carbocycles. The van der Waals surface area contributed by atoms with E-state index in [0.717, 1.165) is 54.5 Å². The van der Waals surface area contributed by atoms with E-state index in [-0.39, 0.29) is 17.7 Å². The lowest BCUT2D eigenvalue weighted by Gasteiger charge is -2.37. The maximum Gasteiger partial charge on any atom is 0.240 e. The molecule has 1 aromatic carbocycles. The number of unbranched alkanes of at least 4 members (excludes halogenated alkanes) is 2. The summed E-state index contributed by atoms with van der Waals surface area (Å²) in [7, 11) is 3.65. The highest BCUT2D eigenvalue weighted by atomic mass is 16.5. The maximum absolute atomic E-state index is 13.4. The smallest absolute Gasteiger partial charge is 0.240 e. The second-order valence-corrected chi connectivity index (χ2v) is 10.4. The van der Waals surface area contributed by atoms with Crippen molar-refractivity contribution in [1.82, 2.24) is 25.2 Å². The summed E-state index contributed by atoms with van der Waals surface area (Å²) in [5.41, 5.74) is 8.11. The van der Waals surface area contributed by atoms with Crippen molar-refractivity contribution in [2.24, 2.45) is 5.73 Å². The Kier molecular flexibility index (Phi) is 9.12. The molecule has 2 aromatic heterocycles. The molecule has 9 heteroatoms. The van der Waals surface area contributed by atoms with Gasteiger partial charge in [-0.15, -0.1) is 0 Å². The summed E-state index contributed by atoms with van der Waals surface area (Å²) in [6.07, 6.45) is 7.49. The molecular weight excluding hydrogens is 480 g/mol. The highest BCUT2D eigenvalue weighted by Crippen LogP contribution is 2.32. The number of amides is 1. The van der Waals surface area contributed by atoms with Gasteiger partial charge in [-0.05, 0) is 44.9 Å². The number of likely N-dealkylation sites (tertiary alicyclic amines) is 1. The number of Topliss-reactive ketones (excluding diaryl/α,β-unsaturated/α-hetero) is 1. The molecule has 0 aliphatic carbocycles. The summed E-state index contributed by atoms with van der Waals surface area (Å²) in [5.74, 6) is 1.33. The van der Waals surface area contributed by atoms with Gasteiger partial charge in [-0.2, -0.15) is 0 Å². The number of nitrogens with one attached hydrogen (secondary N) is 2. The normalized spacial score (nSPS) is 16.3. The fourth-order valence-electron chi connectivity index (χ4n) is 4.95.